The minimum atomic E-state index is -0.374. The van der Waals surface area contributed by atoms with Gasteiger partial charge in [0.05, 0.1) is 6.61 Å². The molecule has 0 saturated heterocycles. The fourth-order valence-corrected chi connectivity index (χ4v) is 3.40. The predicted molar refractivity (Wildman–Crippen MR) is 105 cm³/mol. The van der Waals surface area contributed by atoms with E-state index in [0.29, 0.717) is 12.4 Å². The Kier molecular flexibility index (Phi) is 6.24. The molecule has 142 valence electrons. The number of imidazole rings is 1. The molecule has 1 heterocycles. The van der Waals surface area contributed by atoms with Crippen LogP contribution in [0.1, 0.15) is 49.2 Å². The summed E-state index contributed by atoms with van der Waals surface area (Å²) in [7, 11) is 4.03. The molecule has 2 aromatic rings. The average molecular weight is 357 g/mol. The number of aryl methyl sites for hydroxylation is 1. The molecular weight excluding hydrogens is 326 g/mol. The number of ether oxygens (including phenoxy) is 1. The second-order valence-electron chi connectivity index (χ2n) is 8.12. The Morgan fingerprint density at radius 1 is 1.31 bits per heavy atom. The standard InChI is InChI=1S/C21H31N3O2/c1-15-9-8-10-18(16(15)2)17(3)19-22-11-12-24(19)20(25)26-14-21(4,5)13-23(6)7/h8-12,17H,13-14H2,1-7H3/t17-/m0/s1. The number of aromatic nitrogens is 2. The molecule has 0 amide bonds. The summed E-state index contributed by atoms with van der Waals surface area (Å²) in [5, 5.41) is 0. The fourth-order valence-electron chi connectivity index (χ4n) is 3.40. The number of nitrogens with zero attached hydrogens (tertiary/aromatic N) is 3. The smallest absolute Gasteiger partial charge is 0.419 e. The van der Waals surface area contributed by atoms with Gasteiger partial charge in [0, 0.05) is 30.3 Å². The normalized spacial score (nSPS) is 13.1. The SMILES string of the molecule is Cc1cccc([C@H](C)c2nccn2C(=O)OCC(C)(C)CN(C)C)c1C. The third-order valence-corrected chi connectivity index (χ3v) is 4.70. The first-order valence-corrected chi connectivity index (χ1v) is 9.03. The van der Waals surface area contributed by atoms with E-state index in [2.05, 4.69) is 56.6 Å². The average Bonchev–Trinajstić information content (AvgIpc) is 3.03. The lowest BCUT2D eigenvalue weighted by atomic mass is 9.93. The Labute approximate surface area is 157 Å². The Hall–Kier alpha value is -2.14. The second-order valence-corrected chi connectivity index (χ2v) is 8.12. The van der Waals surface area contributed by atoms with Gasteiger partial charge in [0.25, 0.3) is 0 Å². The van der Waals surface area contributed by atoms with Crippen molar-refractivity contribution in [2.24, 2.45) is 5.41 Å². The van der Waals surface area contributed by atoms with Crippen LogP contribution >= 0.6 is 0 Å². The van der Waals surface area contributed by atoms with E-state index < -0.39 is 0 Å². The van der Waals surface area contributed by atoms with Gasteiger partial charge in [-0.3, -0.25) is 0 Å². The topological polar surface area (TPSA) is 47.4 Å². The van der Waals surface area contributed by atoms with Crippen molar-refractivity contribution in [3.05, 3.63) is 53.1 Å². The molecular formula is C21H31N3O2. The lowest BCUT2D eigenvalue weighted by molar-refractivity contribution is 0.0842. The summed E-state index contributed by atoms with van der Waals surface area (Å²) in [5.74, 6) is 0.710. The highest BCUT2D eigenvalue weighted by molar-refractivity contribution is 5.71. The molecule has 0 bridgehead atoms. The molecule has 0 aliphatic carbocycles. The van der Waals surface area contributed by atoms with Crippen LogP contribution in [-0.2, 0) is 4.74 Å². The third kappa shape index (κ3) is 4.73. The molecule has 0 aliphatic rings. The van der Waals surface area contributed by atoms with Crippen molar-refractivity contribution in [1.82, 2.24) is 14.5 Å². The zero-order chi connectivity index (χ0) is 19.5. The van der Waals surface area contributed by atoms with Crippen molar-refractivity contribution in [3.8, 4) is 0 Å². The minimum absolute atomic E-state index is 0.00670. The highest BCUT2D eigenvalue weighted by atomic mass is 16.5. The largest absolute Gasteiger partial charge is 0.448 e. The molecule has 0 N–H and O–H groups in total. The number of hydrogen-bond acceptors (Lipinski definition) is 4. The van der Waals surface area contributed by atoms with Crippen molar-refractivity contribution in [2.45, 2.75) is 40.5 Å². The Morgan fingerprint density at radius 2 is 2.00 bits per heavy atom. The van der Waals surface area contributed by atoms with Crippen LogP contribution in [0.2, 0.25) is 0 Å². The maximum absolute atomic E-state index is 12.6. The number of carbonyl (C=O) groups is 1. The van der Waals surface area contributed by atoms with Crippen LogP contribution in [-0.4, -0.2) is 47.8 Å². The van der Waals surface area contributed by atoms with Crippen molar-refractivity contribution in [1.29, 1.82) is 0 Å². The van der Waals surface area contributed by atoms with Gasteiger partial charge in [-0.1, -0.05) is 39.0 Å². The van der Waals surface area contributed by atoms with Crippen LogP contribution in [0.5, 0.6) is 0 Å². The van der Waals surface area contributed by atoms with Gasteiger partial charge in [-0.15, -0.1) is 0 Å². The molecule has 5 nitrogen and oxygen atoms in total. The molecule has 1 aromatic carbocycles. The van der Waals surface area contributed by atoms with Gasteiger partial charge in [-0.05, 0) is 44.6 Å². The van der Waals surface area contributed by atoms with Gasteiger partial charge in [0.1, 0.15) is 5.82 Å². The Bertz CT molecular complexity index is 762. The lowest BCUT2D eigenvalue weighted by Crippen LogP contribution is -2.34. The van der Waals surface area contributed by atoms with E-state index in [1.165, 1.54) is 21.3 Å². The van der Waals surface area contributed by atoms with E-state index in [9.17, 15) is 4.79 Å². The van der Waals surface area contributed by atoms with E-state index in [1.807, 2.05) is 20.2 Å². The maximum Gasteiger partial charge on any atom is 0.419 e. The van der Waals surface area contributed by atoms with Crippen molar-refractivity contribution in [3.63, 3.8) is 0 Å². The monoisotopic (exact) mass is 357 g/mol. The van der Waals surface area contributed by atoms with Crippen LogP contribution in [0.3, 0.4) is 0 Å². The molecule has 0 saturated carbocycles. The van der Waals surface area contributed by atoms with Gasteiger partial charge < -0.3 is 9.64 Å². The molecule has 0 radical (unpaired) electrons. The summed E-state index contributed by atoms with van der Waals surface area (Å²) < 4.78 is 7.12. The quantitative estimate of drug-likeness (QED) is 0.776. The van der Waals surface area contributed by atoms with Crippen LogP contribution in [0.25, 0.3) is 0 Å². The summed E-state index contributed by atoms with van der Waals surface area (Å²) in [6.45, 7) is 11.7. The van der Waals surface area contributed by atoms with E-state index in [4.69, 9.17) is 4.74 Å². The van der Waals surface area contributed by atoms with Crippen molar-refractivity contribution in [2.75, 3.05) is 27.2 Å². The third-order valence-electron chi connectivity index (χ3n) is 4.70. The first-order chi connectivity index (χ1) is 12.1. The van der Waals surface area contributed by atoms with E-state index >= 15 is 0 Å². The predicted octanol–water partition coefficient (Wildman–Crippen LogP) is 4.22. The van der Waals surface area contributed by atoms with E-state index in [1.54, 1.807) is 12.4 Å². The molecule has 0 aliphatic heterocycles. The summed E-state index contributed by atoms with van der Waals surface area (Å²) in [6.07, 6.45) is 2.96. The van der Waals surface area contributed by atoms with Crippen LogP contribution in [0.4, 0.5) is 4.79 Å². The molecule has 2 rings (SSSR count). The van der Waals surface area contributed by atoms with Gasteiger partial charge in [0.2, 0.25) is 0 Å². The van der Waals surface area contributed by atoms with Crippen LogP contribution in [0, 0.1) is 19.3 Å². The van der Waals surface area contributed by atoms with Gasteiger partial charge in [-0.25, -0.2) is 14.3 Å². The molecule has 0 spiro atoms. The minimum Gasteiger partial charge on any atom is -0.448 e. The van der Waals surface area contributed by atoms with Crippen LogP contribution < -0.4 is 0 Å². The van der Waals surface area contributed by atoms with Crippen molar-refractivity contribution >= 4 is 6.09 Å². The molecule has 1 aromatic heterocycles. The summed E-state index contributed by atoms with van der Waals surface area (Å²) >= 11 is 0. The number of carbonyl (C=O) groups excluding carboxylic acids is 1. The zero-order valence-corrected chi connectivity index (χ0v) is 17.0. The Balaban J connectivity index is 2.17. The molecule has 1 atom stereocenters. The Morgan fingerprint density at radius 3 is 2.65 bits per heavy atom. The zero-order valence-electron chi connectivity index (χ0n) is 17.0. The fraction of sp³-hybridized carbons (Fsp3) is 0.524. The number of hydrogen-bond donors (Lipinski definition) is 0. The first kappa shape index (κ1) is 20.2. The maximum atomic E-state index is 12.6. The lowest BCUT2D eigenvalue weighted by Gasteiger charge is -2.27. The van der Waals surface area contributed by atoms with Crippen molar-refractivity contribution < 1.29 is 9.53 Å². The first-order valence-electron chi connectivity index (χ1n) is 9.03. The molecule has 26 heavy (non-hydrogen) atoms. The highest BCUT2D eigenvalue weighted by Gasteiger charge is 2.24. The molecule has 0 fully saturated rings. The summed E-state index contributed by atoms with van der Waals surface area (Å²) in [6, 6.07) is 6.24. The van der Waals surface area contributed by atoms with Gasteiger partial charge in [0.15, 0.2) is 0 Å². The molecule has 0 unspecified atom stereocenters. The highest BCUT2D eigenvalue weighted by Crippen LogP contribution is 2.27. The summed E-state index contributed by atoms with van der Waals surface area (Å²) in [4.78, 5) is 19.2. The van der Waals surface area contributed by atoms with E-state index in [0.717, 1.165) is 6.54 Å². The number of benzene rings is 1. The van der Waals surface area contributed by atoms with Gasteiger partial charge >= 0.3 is 6.09 Å². The summed E-state index contributed by atoms with van der Waals surface area (Å²) in [5.41, 5.74) is 3.53. The second kappa shape index (κ2) is 8.04. The van der Waals surface area contributed by atoms with E-state index in [-0.39, 0.29) is 17.4 Å². The van der Waals surface area contributed by atoms with Gasteiger partial charge in [-0.2, -0.15) is 0 Å². The molecule has 5 heteroatoms. The number of rotatable bonds is 6. The van der Waals surface area contributed by atoms with Crippen LogP contribution in [0.15, 0.2) is 30.6 Å².